The number of carbonyl (C=O) groups excluding carboxylic acids is 1. The van der Waals surface area contributed by atoms with E-state index in [9.17, 15) is 4.79 Å². The molecule has 1 rings (SSSR count). The first-order valence-corrected chi connectivity index (χ1v) is 5.87. The third-order valence-corrected chi connectivity index (χ3v) is 2.66. The molecular weight excluding hydrogens is 214 g/mol. The molecular formula is C14H21NO2. The molecule has 1 unspecified atom stereocenters. The summed E-state index contributed by atoms with van der Waals surface area (Å²) in [5.74, 6) is -0.326. The minimum atomic E-state index is -0.571. The van der Waals surface area contributed by atoms with Crippen molar-refractivity contribution in [1.29, 1.82) is 0 Å². The summed E-state index contributed by atoms with van der Waals surface area (Å²) in [6, 6.07) is 9.36. The van der Waals surface area contributed by atoms with Crippen LogP contribution in [0.2, 0.25) is 0 Å². The summed E-state index contributed by atoms with van der Waals surface area (Å²) in [5, 5.41) is 0. The minimum Gasteiger partial charge on any atom is -0.464 e. The number of nitrogens with two attached hydrogens (primary N) is 1. The van der Waals surface area contributed by atoms with E-state index in [2.05, 4.69) is 0 Å². The molecule has 0 saturated carbocycles. The molecule has 0 aliphatic rings. The van der Waals surface area contributed by atoms with Crippen LogP contribution in [0, 0.1) is 5.41 Å². The summed E-state index contributed by atoms with van der Waals surface area (Å²) in [4.78, 5) is 11.6. The zero-order valence-electron chi connectivity index (χ0n) is 10.8. The highest BCUT2D eigenvalue weighted by atomic mass is 16.5. The Hall–Kier alpha value is -1.35. The van der Waals surface area contributed by atoms with Gasteiger partial charge in [-0.2, -0.15) is 0 Å². The van der Waals surface area contributed by atoms with Crippen LogP contribution in [0.1, 0.15) is 26.3 Å². The summed E-state index contributed by atoms with van der Waals surface area (Å²) < 4.78 is 5.17. The Morgan fingerprint density at radius 1 is 1.29 bits per heavy atom. The van der Waals surface area contributed by atoms with Gasteiger partial charge in [0, 0.05) is 6.42 Å². The predicted molar refractivity (Wildman–Crippen MR) is 68.5 cm³/mol. The maximum Gasteiger partial charge on any atom is 0.323 e. The largest absolute Gasteiger partial charge is 0.464 e. The second kappa shape index (κ2) is 5.82. The van der Waals surface area contributed by atoms with Crippen molar-refractivity contribution in [3.05, 3.63) is 35.9 Å². The predicted octanol–water partition coefficient (Wildman–Crippen LogP) is 2.15. The van der Waals surface area contributed by atoms with Gasteiger partial charge in [-0.05, 0) is 11.0 Å². The Labute approximate surface area is 103 Å². The smallest absolute Gasteiger partial charge is 0.323 e. The summed E-state index contributed by atoms with van der Waals surface area (Å²) in [6.07, 6.45) is 0.726. The highest BCUT2D eigenvalue weighted by Crippen LogP contribution is 2.18. The molecule has 1 aromatic carbocycles. The molecule has 0 aliphatic carbocycles. The first-order chi connectivity index (χ1) is 7.91. The maximum atomic E-state index is 11.6. The van der Waals surface area contributed by atoms with Crippen LogP contribution < -0.4 is 5.73 Å². The van der Waals surface area contributed by atoms with E-state index in [-0.39, 0.29) is 11.4 Å². The molecule has 0 saturated heterocycles. The van der Waals surface area contributed by atoms with E-state index < -0.39 is 6.04 Å². The number of rotatable bonds is 4. The quantitative estimate of drug-likeness (QED) is 0.813. The number of benzene rings is 1. The molecule has 0 bridgehead atoms. The lowest BCUT2D eigenvalue weighted by atomic mass is 9.87. The van der Waals surface area contributed by atoms with Crippen LogP contribution in [0.4, 0.5) is 0 Å². The van der Waals surface area contributed by atoms with Crippen molar-refractivity contribution in [2.45, 2.75) is 33.2 Å². The monoisotopic (exact) mass is 235 g/mol. The Kier molecular flexibility index (Phi) is 4.70. The molecule has 2 N–H and O–H groups in total. The lowest BCUT2D eigenvalue weighted by Crippen LogP contribution is -2.43. The van der Waals surface area contributed by atoms with Crippen LogP contribution in [-0.2, 0) is 16.0 Å². The van der Waals surface area contributed by atoms with E-state index in [1.807, 2.05) is 51.1 Å². The van der Waals surface area contributed by atoms with Gasteiger partial charge < -0.3 is 10.5 Å². The number of hydrogen-bond acceptors (Lipinski definition) is 3. The molecule has 0 fully saturated rings. The molecule has 0 spiro atoms. The lowest BCUT2D eigenvalue weighted by Gasteiger charge is -2.24. The topological polar surface area (TPSA) is 52.3 Å². The molecule has 94 valence electrons. The Balaban J connectivity index is 2.35. The van der Waals surface area contributed by atoms with Gasteiger partial charge in [0.05, 0.1) is 6.61 Å². The maximum absolute atomic E-state index is 11.6. The van der Waals surface area contributed by atoms with E-state index in [1.165, 1.54) is 0 Å². The molecule has 0 radical (unpaired) electrons. The molecule has 1 atom stereocenters. The van der Waals surface area contributed by atoms with Crippen LogP contribution in [0.5, 0.6) is 0 Å². The number of esters is 1. The third kappa shape index (κ3) is 4.57. The fourth-order valence-electron chi connectivity index (χ4n) is 1.36. The van der Waals surface area contributed by atoms with Crippen LogP contribution in [-0.4, -0.2) is 18.6 Å². The fourth-order valence-corrected chi connectivity index (χ4v) is 1.36. The Morgan fingerprint density at radius 2 is 1.88 bits per heavy atom. The van der Waals surface area contributed by atoms with Gasteiger partial charge >= 0.3 is 5.97 Å². The van der Waals surface area contributed by atoms with E-state index in [1.54, 1.807) is 0 Å². The number of carbonyl (C=O) groups is 1. The summed E-state index contributed by atoms with van der Waals surface area (Å²) in [7, 11) is 0. The van der Waals surface area contributed by atoms with Gasteiger partial charge in [0.2, 0.25) is 0 Å². The van der Waals surface area contributed by atoms with Gasteiger partial charge in [-0.3, -0.25) is 4.79 Å². The van der Waals surface area contributed by atoms with Gasteiger partial charge in [-0.25, -0.2) is 0 Å². The van der Waals surface area contributed by atoms with E-state index in [0.29, 0.717) is 6.61 Å². The molecule has 0 aromatic heterocycles. The Morgan fingerprint density at radius 3 is 2.41 bits per heavy atom. The van der Waals surface area contributed by atoms with Gasteiger partial charge in [0.15, 0.2) is 0 Å². The average molecular weight is 235 g/mol. The molecule has 0 aliphatic heterocycles. The van der Waals surface area contributed by atoms with Crippen LogP contribution in [0.15, 0.2) is 30.3 Å². The molecule has 0 heterocycles. The molecule has 3 heteroatoms. The van der Waals surface area contributed by atoms with E-state index >= 15 is 0 Å². The molecule has 3 nitrogen and oxygen atoms in total. The van der Waals surface area contributed by atoms with Crippen molar-refractivity contribution in [2.75, 3.05) is 6.61 Å². The van der Waals surface area contributed by atoms with Gasteiger partial charge in [0.25, 0.3) is 0 Å². The van der Waals surface area contributed by atoms with Gasteiger partial charge in [-0.1, -0.05) is 51.1 Å². The van der Waals surface area contributed by atoms with Crippen molar-refractivity contribution in [1.82, 2.24) is 0 Å². The molecule has 0 amide bonds. The van der Waals surface area contributed by atoms with Crippen molar-refractivity contribution in [3.63, 3.8) is 0 Å². The first kappa shape index (κ1) is 13.7. The van der Waals surface area contributed by atoms with Crippen molar-refractivity contribution >= 4 is 5.97 Å². The average Bonchev–Trinajstić information content (AvgIpc) is 2.28. The normalized spacial score (nSPS) is 13.2. The summed E-state index contributed by atoms with van der Waals surface area (Å²) in [6.45, 7) is 6.16. The van der Waals surface area contributed by atoms with E-state index in [0.717, 1.165) is 12.0 Å². The number of ether oxygens (including phenoxy) is 1. The number of hydrogen-bond donors (Lipinski definition) is 1. The van der Waals surface area contributed by atoms with E-state index in [4.69, 9.17) is 10.5 Å². The highest BCUT2D eigenvalue weighted by Gasteiger charge is 2.28. The van der Waals surface area contributed by atoms with Crippen LogP contribution >= 0.6 is 0 Å². The lowest BCUT2D eigenvalue weighted by molar-refractivity contribution is -0.147. The zero-order valence-corrected chi connectivity index (χ0v) is 10.8. The van der Waals surface area contributed by atoms with Crippen molar-refractivity contribution < 1.29 is 9.53 Å². The SMILES string of the molecule is CC(C)(C)C(N)C(=O)OCCc1ccccc1. The fraction of sp³-hybridized carbons (Fsp3) is 0.500. The molecule has 1 aromatic rings. The Bertz CT molecular complexity index is 354. The highest BCUT2D eigenvalue weighted by molar-refractivity contribution is 5.76. The summed E-state index contributed by atoms with van der Waals surface area (Å²) in [5.41, 5.74) is 6.70. The van der Waals surface area contributed by atoms with Gasteiger partial charge in [0.1, 0.15) is 6.04 Å². The van der Waals surface area contributed by atoms with Crippen molar-refractivity contribution in [3.8, 4) is 0 Å². The third-order valence-electron chi connectivity index (χ3n) is 2.66. The first-order valence-electron chi connectivity index (χ1n) is 5.87. The zero-order chi connectivity index (χ0) is 12.9. The second-order valence-corrected chi connectivity index (χ2v) is 5.25. The van der Waals surface area contributed by atoms with Crippen LogP contribution in [0.25, 0.3) is 0 Å². The van der Waals surface area contributed by atoms with Gasteiger partial charge in [-0.15, -0.1) is 0 Å². The minimum absolute atomic E-state index is 0.260. The van der Waals surface area contributed by atoms with Crippen molar-refractivity contribution in [2.24, 2.45) is 11.1 Å². The van der Waals surface area contributed by atoms with Crippen LogP contribution in [0.3, 0.4) is 0 Å². The molecule has 17 heavy (non-hydrogen) atoms. The summed E-state index contributed by atoms with van der Waals surface area (Å²) >= 11 is 0. The second-order valence-electron chi connectivity index (χ2n) is 5.25. The standard InChI is InChI=1S/C14H21NO2/c1-14(2,3)12(15)13(16)17-10-9-11-7-5-4-6-8-11/h4-8,12H,9-10,15H2,1-3H3.